The van der Waals surface area contributed by atoms with E-state index in [1.165, 1.54) is 25.7 Å². The predicted octanol–water partition coefficient (Wildman–Crippen LogP) is 4.96. The van der Waals surface area contributed by atoms with Crippen molar-refractivity contribution < 1.29 is 19.1 Å². The van der Waals surface area contributed by atoms with Gasteiger partial charge in [-0.1, -0.05) is 51.8 Å². The highest BCUT2D eigenvalue weighted by molar-refractivity contribution is 5.99. The first-order chi connectivity index (χ1) is 20.2. The number of methoxy groups -OCH3 is 1. The Labute approximate surface area is 251 Å². The van der Waals surface area contributed by atoms with Gasteiger partial charge < -0.3 is 26.0 Å². The van der Waals surface area contributed by atoms with Crippen LogP contribution in [0.5, 0.6) is 5.75 Å². The number of amides is 3. The summed E-state index contributed by atoms with van der Waals surface area (Å²) in [7, 11) is 1.62. The molecule has 0 aromatic heterocycles. The van der Waals surface area contributed by atoms with E-state index >= 15 is 0 Å². The van der Waals surface area contributed by atoms with Crippen molar-refractivity contribution >= 4 is 17.7 Å². The Morgan fingerprint density at radius 2 is 1.64 bits per heavy atom. The highest BCUT2D eigenvalue weighted by Crippen LogP contribution is 2.24. The van der Waals surface area contributed by atoms with Crippen LogP contribution in [0.25, 0.3) is 0 Å². The van der Waals surface area contributed by atoms with Gasteiger partial charge in [0.15, 0.2) is 0 Å². The second-order valence-corrected chi connectivity index (χ2v) is 11.7. The van der Waals surface area contributed by atoms with E-state index in [1.807, 2.05) is 49.9 Å². The SMILES string of the molecule is CCCN(CCC)C(=O)c1cccc(C(=O)N[C@@H](Cc2ccc(OC)cc2)[C@@H](N)C[C@@H](C)C(=O)NCC2CCCC2)c1. The van der Waals surface area contributed by atoms with Gasteiger partial charge in [0.05, 0.1) is 7.11 Å². The average Bonchev–Trinajstić information content (AvgIpc) is 3.53. The van der Waals surface area contributed by atoms with Crippen molar-refractivity contribution in [3.05, 3.63) is 65.2 Å². The van der Waals surface area contributed by atoms with Crippen LogP contribution in [-0.4, -0.2) is 61.4 Å². The monoisotopic (exact) mass is 578 g/mol. The van der Waals surface area contributed by atoms with Gasteiger partial charge in [-0.25, -0.2) is 0 Å². The van der Waals surface area contributed by atoms with E-state index in [1.54, 1.807) is 31.4 Å². The quantitative estimate of drug-likeness (QED) is 0.261. The zero-order valence-corrected chi connectivity index (χ0v) is 25.9. The van der Waals surface area contributed by atoms with Crippen LogP contribution in [0.1, 0.15) is 92.0 Å². The number of nitrogens with one attached hydrogen (secondary N) is 2. The molecule has 8 nitrogen and oxygen atoms in total. The molecule has 1 aliphatic carbocycles. The Bertz CT molecular complexity index is 1140. The van der Waals surface area contributed by atoms with Crippen LogP contribution in [0.15, 0.2) is 48.5 Å². The minimum absolute atomic E-state index is 0.00167. The van der Waals surface area contributed by atoms with Crippen LogP contribution >= 0.6 is 0 Å². The number of benzene rings is 2. The third-order valence-electron chi connectivity index (χ3n) is 8.21. The average molecular weight is 579 g/mol. The summed E-state index contributed by atoms with van der Waals surface area (Å²) in [6.45, 7) is 8.05. The third kappa shape index (κ3) is 9.86. The van der Waals surface area contributed by atoms with Gasteiger partial charge in [-0.05, 0) is 80.3 Å². The molecule has 2 aromatic rings. The molecule has 0 aliphatic heterocycles. The largest absolute Gasteiger partial charge is 0.497 e. The molecule has 0 radical (unpaired) electrons. The topological polar surface area (TPSA) is 114 Å². The zero-order chi connectivity index (χ0) is 30.5. The van der Waals surface area contributed by atoms with Crippen LogP contribution in [0.3, 0.4) is 0 Å². The van der Waals surface area contributed by atoms with Crippen molar-refractivity contribution in [1.29, 1.82) is 0 Å². The highest BCUT2D eigenvalue weighted by atomic mass is 16.5. The van der Waals surface area contributed by atoms with E-state index in [2.05, 4.69) is 10.6 Å². The summed E-state index contributed by atoms with van der Waals surface area (Å²) in [5, 5.41) is 6.23. The zero-order valence-electron chi connectivity index (χ0n) is 25.9. The molecule has 2 aromatic carbocycles. The molecule has 0 spiro atoms. The first kappa shape index (κ1) is 33.1. The molecule has 1 saturated carbocycles. The second kappa shape index (κ2) is 16.9. The minimum Gasteiger partial charge on any atom is -0.497 e. The number of ether oxygens (including phenoxy) is 1. The Morgan fingerprint density at radius 1 is 1.00 bits per heavy atom. The number of rotatable bonds is 16. The molecule has 4 N–H and O–H groups in total. The van der Waals surface area contributed by atoms with Crippen molar-refractivity contribution in [2.45, 2.75) is 84.2 Å². The Morgan fingerprint density at radius 3 is 2.26 bits per heavy atom. The summed E-state index contributed by atoms with van der Waals surface area (Å²) in [4.78, 5) is 41.4. The number of carbonyl (C=O) groups excluding carboxylic acids is 3. The van der Waals surface area contributed by atoms with Crippen LogP contribution in [0, 0.1) is 11.8 Å². The molecule has 3 rings (SSSR count). The van der Waals surface area contributed by atoms with E-state index in [4.69, 9.17) is 10.5 Å². The summed E-state index contributed by atoms with van der Waals surface area (Å²) in [5.41, 5.74) is 8.60. The maximum atomic E-state index is 13.5. The van der Waals surface area contributed by atoms with Gasteiger partial charge in [0.1, 0.15) is 5.75 Å². The molecule has 230 valence electrons. The van der Waals surface area contributed by atoms with Crippen molar-refractivity contribution in [1.82, 2.24) is 15.5 Å². The molecule has 8 heteroatoms. The number of nitrogens with zero attached hydrogens (tertiary/aromatic N) is 1. The van der Waals surface area contributed by atoms with Crippen LogP contribution in [-0.2, 0) is 11.2 Å². The lowest BCUT2D eigenvalue weighted by Crippen LogP contribution is -2.50. The summed E-state index contributed by atoms with van der Waals surface area (Å²) >= 11 is 0. The number of nitrogens with two attached hydrogens (primary N) is 1. The van der Waals surface area contributed by atoms with E-state index in [0.717, 1.165) is 24.2 Å². The van der Waals surface area contributed by atoms with Gasteiger partial charge in [0.25, 0.3) is 11.8 Å². The number of hydrogen-bond donors (Lipinski definition) is 3. The Kier molecular flexibility index (Phi) is 13.3. The smallest absolute Gasteiger partial charge is 0.253 e. The molecular weight excluding hydrogens is 528 g/mol. The van der Waals surface area contributed by atoms with Crippen LogP contribution in [0.2, 0.25) is 0 Å². The summed E-state index contributed by atoms with van der Waals surface area (Å²) in [6.07, 6.45) is 7.48. The molecule has 0 bridgehead atoms. The van der Waals surface area contributed by atoms with Gasteiger partial charge in [-0.2, -0.15) is 0 Å². The number of hydrogen-bond acceptors (Lipinski definition) is 5. The number of carbonyl (C=O) groups is 3. The molecule has 3 atom stereocenters. The molecule has 0 unspecified atom stereocenters. The van der Waals surface area contributed by atoms with E-state index in [-0.39, 0.29) is 23.6 Å². The second-order valence-electron chi connectivity index (χ2n) is 11.7. The maximum Gasteiger partial charge on any atom is 0.253 e. The lowest BCUT2D eigenvalue weighted by atomic mass is 9.91. The molecule has 42 heavy (non-hydrogen) atoms. The lowest BCUT2D eigenvalue weighted by molar-refractivity contribution is -0.125. The summed E-state index contributed by atoms with van der Waals surface area (Å²) in [5.74, 6) is 0.655. The van der Waals surface area contributed by atoms with Gasteiger partial charge in [-0.15, -0.1) is 0 Å². The molecular formula is C34H50N4O4. The van der Waals surface area contributed by atoms with Gasteiger partial charge >= 0.3 is 0 Å². The first-order valence-corrected chi connectivity index (χ1v) is 15.6. The summed E-state index contributed by atoms with van der Waals surface area (Å²) < 4.78 is 5.29. The fourth-order valence-corrected chi connectivity index (χ4v) is 5.72. The minimum atomic E-state index is -0.460. The standard InChI is InChI=1S/C34H50N4O4/c1-5-18-38(19-6-2)34(41)28-13-9-12-27(22-28)33(40)37-31(21-25-14-16-29(42-4)17-15-25)30(35)20-24(3)32(39)36-23-26-10-7-8-11-26/h9,12-17,22,24,26,30-31H,5-8,10-11,18-21,23,35H2,1-4H3,(H,36,39)(H,37,40)/t24-,30+,31+/m1/s1. The molecule has 0 heterocycles. The molecule has 0 saturated heterocycles. The van der Waals surface area contributed by atoms with E-state index < -0.39 is 12.1 Å². The molecule has 1 fully saturated rings. The van der Waals surface area contributed by atoms with Crippen LogP contribution in [0.4, 0.5) is 0 Å². The highest BCUT2D eigenvalue weighted by Gasteiger charge is 2.27. The predicted molar refractivity (Wildman–Crippen MR) is 168 cm³/mol. The maximum absolute atomic E-state index is 13.5. The normalized spacial score (nSPS) is 15.5. The fourth-order valence-electron chi connectivity index (χ4n) is 5.72. The van der Waals surface area contributed by atoms with Gasteiger partial charge in [0.2, 0.25) is 5.91 Å². The summed E-state index contributed by atoms with van der Waals surface area (Å²) in [6, 6.07) is 13.7. The van der Waals surface area contributed by atoms with Crippen molar-refractivity contribution in [2.24, 2.45) is 17.6 Å². The fraction of sp³-hybridized carbons (Fsp3) is 0.559. The first-order valence-electron chi connectivity index (χ1n) is 15.6. The van der Waals surface area contributed by atoms with Crippen LogP contribution < -0.4 is 21.1 Å². The third-order valence-corrected chi connectivity index (χ3v) is 8.21. The Hall–Kier alpha value is -3.39. The van der Waals surface area contributed by atoms with Crippen molar-refractivity contribution in [3.8, 4) is 5.75 Å². The Balaban J connectivity index is 1.73. The van der Waals surface area contributed by atoms with E-state index in [9.17, 15) is 14.4 Å². The van der Waals surface area contributed by atoms with Crippen molar-refractivity contribution in [3.63, 3.8) is 0 Å². The lowest BCUT2D eigenvalue weighted by Gasteiger charge is -2.28. The van der Waals surface area contributed by atoms with E-state index in [0.29, 0.717) is 49.5 Å². The molecule has 3 amide bonds. The van der Waals surface area contributed by atoms with Crippen molar-refractivity contribution in [2.75, 3.05) is 26.7 Å². The van der Waals surface area contributed by atoms with Gasteiger partial charge in [0, 0.05) is 48.8 Å². The van der Waals surface area contributed by atoms with Gasteiger partial charge in [-0.3, -0.25) is 14.4 Å². The molecule has 1 aliphatic rings.